The lowest BCUT2D eigenvalue weighted by molar-refractivity contribution is -0.0000411. The van der Waals surface area contributed by atoms with Gasteiger partial charge in [-0.3, -0.25) is 0 Å². The van der Waals surface area contributed by atoms with Crippen molar-refractivity contribution in [3.8, 4) is 0 Å². The first kappa shape index (κ1) is 36.5. The summed E-state index contributed by atoms with van der Waals surface area (Å²) < 4.78 is 25.8. The highest BCUT2D eigenvalue weighted by atomic mass is 79.9. The molecule has 5 aromatic carbocycles. The summed E-state index contributed by atoms with van der Waals surface area (Å²) in [6, 6.07) is 40.5. The van der Waals surface area contributed by atoms with Gasteiger partial charge in [-0.15, -0.1) is 0 Å². The summed E-state index contributed by atoms with van der Waals surface area (Å²) in [6.45, 7) is 1.88. The van der Waals surface area contributed by atoms with Gasteiger partial charge >= 0.3 is 11.9 Å². The van der Waals surface area contributed by atoms with Gasteiger partial charge in [-0.25, -0.2) is 18.4 Å². The zero-order valence-electron chi connectivity index (χ0n) is 23.7. The number of carboxylic acids is 2. The van der Waals surface area contributed by atoms with Gasteiger partial charge in [0.1, 0.15) is 11.6 Å². The van der Waals surface area contributed by atoms with E-state index in [1.54, 1.807) is 12.1 Å². The Morgan fingerprint density at radius 2 is 0.955 bits per heavy atom. The number of aryl methyl sites for hydroxylation is 1. The molecule has 0 radical (unpaired) electrons. The Morgan fingerprint density at radius 1 is 0.614 bits per heavy atom. The molecule has 0 aliphatic heterocycles. The maximum absolute atomic E-state index is 12.9. The molecule has 0 fully saturated rings. The predicted octanol–water partition coefficient (Wildman–Crippen LogP) is 4.95. The maximum atomic E-state index is 12.9. The number of alkyl halides is 1. The molecule has 0 aliphatic rings. The van der Waals surface area contributed by atoms with Crippen molar-refractivity contribution in [1.29, 1.82) is 0 Å². The second-order valence-corrected chi connectivity index (χ2v) is 11.8. The lowest BCUT2D eigenvalue weighted by Gasteiger charge is -2.18. The summed E-state index contributed by atoms with van der Waals surface area (Å²) in [4.78, 5) is 20.8. The molecule has 5 rings (SSSR count). The fourth-order valence-electron chi connectivity index (χ4n) is 3.95. The number of aromatic carboxylic acids is 2. The fourth-order valence-corrected chi connectivity index (χ4v) is 6.60. The highest BCUT2D eigenvalue weighted by Crippen LogP contribution is 2.32. The monoisotopic (exact) mass is 741 g/mol. The standard InChI is InChI=1S/C18H15P.C9H9FO2.C8H6BrFO2.BrH/c1-4-10-16(11-5-1)19(17-12-6-2-7-13-17)18-14-8-3-9-15-18;1-2-6-3-4-7(9(11)12)8(10)5-6;9-4-5-1-2-6(8(11)12)7(10)3-5;/h1-15H;3-5H,2H2,1H3,(H,11,12);1-3H,4H2,(H,11,12);1H/p-1. The van der Waals surface area contributed by atoms with Crippen molar-refractivity contribution in [2.45, 2.75) is 18.7 Å². The van der Waals surface area contributed by atoms with E-state index in [2.05, 4.69) is 107 Å². The van der Waals surface area contributed by atoms with Crippen LogP contribution < -0.4 is 32.9 Å². The zero-order valence-corrected chi connectivity index (χ0v) is 27.8. The molecule has 0 unspecified atom stereocenters. The molecule has 5 aromatic rings. The number of hydrogen-bond acceptors (Lipinski definition) is 2. The van der Waals surface area contributed by atoms with Crippen LogP contribution in [0.2, 0.25) is 0 Å². The van der Waals surface area contributed by atoms with Crippen LogP contribution in [0.15, 0.2) is 127 Å². The van der Waals surface area contributed by atoms with Crippen LogP contribution >= 0.6 is 23.9 Å². The molecule has 2 N–H and O–H groups in total. The van der Waals surface area contributed by atoms with E-state index in [9.17, 15) is 18.4 Å². The third kappa shape index (κ3) is 10.8. The molecule has 44 heavy (non-hydrogen) atoms. The van der Waals surface area contributed by atoms with E-state index in [0.29, 0.717) is 11.8 Å². The summed E-state index contributed by atoms with van der Waals surface area (Å²) in [5, 5.41) is 21.7. The highest BCUT2D eigenvalue weighted by Gasteiger charge is 2.15. The van der Waals surface area contributed by atoms with Crippen LogP contribution in [0, 0.1) is 11.6 Å². The van der Waals surface area contributed by atoms with Gasteiger partial charge in [0.15, 0.2) is 0 Å². The average molecular weight is 743 g/mol. The van der Waals surface area contributed by atoms with Crippen LogP contribution in [0.1, 0.15) is 38.8 Å². The van der Waals surface area contributed by atoms with Gasteiger partial charge in [0.05, 0.1) is 11.1 Å². The van der Waals surface area contributed by atoms with Gasteiger partial charge in [-0.05, 0) is 65.6 Å². The van der Waals surface area contributed by atoms with E-state index >= 15 is 0 Å². The molecule has 0 bridgehead atoms. The van der Waals surface area contributed by atoms with Crippen molar-refractivity contribution in [3.63, 3.8) is 0 Å². The van der Waals surface area contributed by atoms with Crippen molar-refractivity contribution in [1.82, 2.24) is 0 Å². The largest absolute Gasteiger partial charge is 1.00 e. The summed E-state index contributed by atoms with van der Waals surface area (Å²) in [5.41, 5.74) is 0.960. The molecule has 9 heteroatoms. The van der Waals surface area contributed by atoms with Crippen molar-refractivity contribution in [2.75, 3.05) is 0 Å². The van der Waals surface area contributed by atoms with Crippen molar-refractivity contribution in [2.24, 2.45) is 0 Å². The Morgan fingerprint density at radius 3 is 1.25 bits per heavy atom. The topological polar surface area (TPSA) is 74.6 Å². The molecule has 0 heterocycles. The first-order valence-corrected chi connectivity index (χ1v) is 15.8. The Balaban J connectivity index is 0.000000238. The predicted molar refractivity (Wildman–Crippen MR) is 174 cm³/mol. The molecule has 0 atom stereocenters. The van der Waals surface area contributed by atoms with Crippen LogP contribution in [0.3, 0.4) is 0 Å². The number of carbonyl (C=O) groups is 2. The van der Waals surface area contributed by atoms with Gasteiger partial charge in [-0.2, -0.15) is 0 Å². The van der Waals surface area contributed by atoms with Crippen LogP contribution in [0.5, 0.6) is 0 Å². The number of benzene rings is 5. The van der Waals surface area contributed by atoms with Crippen molar-refractivity contribution >= 4 is 51.7 Å². The number of hydrogen-bond donors (Lipinski definition) is 2. The second kappa shape index (κ2) is 18.8. The van der Waals surface area contributed by atoms with E-state index in [1.165, 1.54) is 40.2 Å². The summed E-state index contributed by atoms with van der Waals surface area (Å²) >= 11 is 3.14. The van der Waals surface area contributed by atoms with Gasteiger partial charge in [0, 0.05) is 5.33 Å². The molecule has 228 valence electrons. The molecular formula is C35H30Br2F2O4P-. The summed E-state index contributed by atoms with van der Waals surface area (Å²) in [5.74, 6) is -3.83. The van der Waals surface area contributed by atoms with E-state index in [-0.39, 0.29) is 28.1 Å². The molecule has 0 saturated heterocycles. The SMILES string of the molecule is CCc1ccc(C(=O)O)c(F)c1.O=C(O)c1ccc(CBr)cc1F.[Br-].c1ccc(P(c2ccccc2)c2ccccc2)cc1. The van der Waals surface area contributed by atoms with Gasteiger partial charge < -0.3 is 27.2 Å². The van der Waals surface area contributed by atoms with E-state index in [0.717, 1.165) is 11.1 Å². The van der Waals surface area contributed by atoms with Crippen LogP contribution in [-0.2, 0) is 11.8 Å². The van der Waals surface area contributed by atoms with Crippen LogP contribution in [0.4, 0.5) is 8.78 Å². The highest BCUT2D eigenvalue weighted by molar-refractivity contribution is 9.08. The summed E-state index contributed by atoms with van der Waals surface area (Å²) in [6.07, 6.45) is 0.705. The molecule has 0 saturated carbocycles. The molecule has 0 aliphatic carbocycles. The second-order valence-electron chi connectivity index (χ2n) is 9.07. The van der Waals surface area contributed by atoms with Gasteiger partial charge in [0.25, 0.3) is 0 Å². The lowest BCUT2D eigenvalue weighted by Crippen LogP contribution is -3.00. The molecule has 0 amide bonds. The Bertz CT molecular complexity index is 1470. The Hall–Kier alpha value is -3.71. The first-order valence-electron chi connectivity index (χ1n) is 13.3. The number of rotatable bonds is 7. The Labute approximate surface area is 276 Å². The molecule has 0 aromatic heterocycles. The van der Waals surface area contributed by atoms with Crippen molar-refractivity contribution < 1.29 is 45.6 Å². The van der Waals surface area contributed by atoms with E-state index in [1.807, 2.05) is 6.92 Å². The smallest absolute Gasteiger partial charge is 0.338 e. The lowest BCUT2D eigenvalue weighted by atomic mass is 10.1. The summed E-state index contributed by atoms with van der Waals surface area (Å²) in [7, 11) is -0.446. The first-order chi connectivity index (χ1) is 20.7. The molecule has 0 spiro atoms. The van der Waals surface area contributed by atoms with Gasteiger partial charge in [0.2, 0.25) is 0 Å². The normalized spacial score (nSPS) is 9.93. The number of halogens is 4. The molecular weight excluding hydrogens is 713 g/mol. The fraction of sp³-hybridized carbons (Fsp3) is 0.0857. The van der Waals surface area contributed by atoms with Crippen molar-refractivity contribution in [3.05, 3.63) is 161 Å². The third-order valence-electron chi connectivity index (χ3n) is 6.13. The van der Waals surface area contributed by atoms with E-state index in [4.69, 9.17) is 10.2 Å². The molecule has 4 nitrogen and oxygen atoms in total. The van der Waals surface area contributed by atoms with E-state index < -0.39 is 31.5 Å². The average Bonchev–Trinajstić information content (AvgIpc) is 3.03. The third-order valence-corrected chi connectivity index (χ3v) is 9.22. The minimum absolute atomic E-state index is 0. The minimum atomic E-state index is -1.24. The van der Waals surface area contributed by atoms with Crippen LogP contribution in [-0.4, -0.2) is 22.2 Å². The van der Waals surface area contributed by atoms with Gasteiger partial charge in [-0.1, -0.05) is 126 Å². The zero-order chi connectivity index (χ0) is 31.2. The maximum Gasteiger partial charge on any atom is 0.338 e. The van der Waals surface area contributed by atoms with Crippen LogP contribution in [0.25, 0.3) is 0 Å². The minimum Gasteiger partial charge on any atom is -1.00 e. The Kier molecular flexibility index (Phi) is 15.6. The quantitative estimate of drug-likeness (QED) is 0.183. The number of carboxylic acid groups (broad SMARTS) is 2.